The number of rotatable bonds is 6. The Kier molecular flexibility index (Phi) is 5.91. The van der Waals surface area contributed by atoms with Crippen molar-refractivity contribution < 1.29 is 9.53 Å². The molecule has 1 atom stereocenters. The van der Waals surface area contributed by atoms with Gasteiger partial charge in [0.2, 0.25) is 5.91 Å². The molecule has 176 valence electrons. The predicted molar refractivity (Wildman–Crippen MR) is 131 cm³/mol. The van der Waals surface area contributed by atoms with E-state index in [1.54, 1.807) is 18.1 Å². The molecular formula is C25H29N7O2. The summed E-state index contributed by atoms with van der Waals surface area (Å²) < 4.78 is 7.10. The van der Waals surface area contributed by atoms with Crippen molar-refractivity contribution >= 4 is 22.8 Å². The summed E-state index contributed by atoms with van der Waals surface area (Å²) in [6, 6.07) is 10.0. The van der Waals surface area contributed by atoms with Crippen LogP contribution in [0.5, 0.6) is 5.75 Å². The highest BCUT2D eigenvalue weighted by Crippen LogP contribution is 2.29. The molecule has 5 rings (SSSR count). The van der Waals surface area contributed by atoms with Gasteiger partial charge < -0.3 is 19.5 Å². The molecule has 0 saturated carbocycles. The van der Waals surface area contributed by atoms with Gasteiger partial charge >= 0.3 is 0 Å². The normalized spacial score (nSPS) is 15.0. The number of anilines is 1. The number of fused-ring (bicyclic) bond motifs is 1. The van der Waals surface area contributed by atoms with E-state index in [4.69, 9.17) is 4.74 Å². The lowest BCUT2D eigenvalue weighted by Gasteiger charge is -2.36. The molecule has 1 aliphatic rings. The number of benzene rings is 1. The number of methoxy groups -OCH3 is 1. The van der Waals surface area contributed by atoms with Crippen molar-refractivity contribution in [3.63, 3.8) is 0 Å². The number of aryl methyl sites for hydroxylation is 1. The average molecular weight is 460 g/mol. The van der Waals surface area contributed by atoms with Gasteiger partial charge in [-0.2, -0.15) is 5.10 Å². The van der Waals surface area contributed by atoms with E-state index in [0.717, 1.165) is 52.5 Å². The van der Waals surface area contributed by atoms with Gasteiger partial charge in [0.15, 0.2) is 0 Å². The standard InChI is InChI=1S/C25H29N7O2/c1-17(18-5-4-6-20(12-18)34-3)11-23(33)31-7-9-32(10-8-31)25-21-13-22(19-14-28-30(2)15-19)29-24(21)26-16-27-25/h4-6,12-17H,7-11H2,1-3H3,(H,26,27,29)/t17-/m1/s1. The molecule has 0 radical (unpaired) electrons. The number of aromatic amines is 1. The van der Waals surface area contributed by atoms with Crippen LogP contribution in [0.1, 0.15) is 24.8 Å². The van der Waals surface area contributed by atoms with E-state index in [-0.39, 0.29) is 11.8 Å². The molecule has 0 unspecified atom stereocenters. The third kappa shape index (κ3) is 4.33. The molecule has 1 N–H and O–H groups in total. The number of nitrogens with zero attached hydrogens (tertiary/aromatic N) is 6. The van der Waals surface area contributed by atoms with Crippen LogP contribution in [-0.4, -0.2) is 68.8 Å². The Balaban J connectivity index is 1.25. The Bertz CT molecular complexity index is 1300. The first-order valence-electron chi connectivity index (χ1n) is 11.5. The Morgan fingerprint density at radius 1 is 1.18 bits per heavy atom. The SMILES string of the molecule is COc1cccc([C@H](C)CC(=O)N2CCN(c3ncnc4[nH]c(-c5cnn(C)c5)cc34)CC2)c1. The van der Waals surface area contributed by atoms with E-state index in [0.29, 0.717) is 19.5 Å². The fourth-order valence-corrected chi connectivity index (χ4v) is 4.52. The Morgan fingerprint density at radius 2 is 2.00 bits per heavy atom. The summed E-state index contributed by atoms with van der Waals surface area (Å²) in [5.41, 5.74) is 3.89. The fraction of sp³-hybridized carbons (Fsp3) is 0.360. The summed E-state index contributed by atoms with van der Waals surface area (Å²) >= 11 is 0. The molecule has 9 nitrogen and oxygen atoms in total. The molecule has 0 spiro atoms. The summed E-state index contributed by atoms with van der Waals surface area (Å²) in [7, 11) is 3.56. The average Bonchev–Trinajstić information content (AvgIpc) is 3.50. The largest absolute Gasteiger partial charge is 0.497 e. The van der Waals surface area contributed by atoms with Crippen LogP contribution < -0.4 is 9.64 Å². The minimum Gasteiger partial charge on any atom is -0.497 e. The van der Waals surface area contributed by atoms with Crippen LogP contribution in [0.3, 0.4) is 0 Å². The van der Waals surface area contributed by atoms with Crippen LogP contribution >= 0.6 is 0 Å². The third-order valence-corrected chi connectivity index (χ3v) is 6.50. The first kappa shape index (κ1) is 21.9. The highest BCUT2D eigenvalue weighted by Gasteiger charge is 2.25. The van der Waals surface area contributed by atoms with Crippen LogP contribution in [0, 0.1) is 0 Å². The monoisotopic (exact) mass is 459 g/mol. The van der Waals surface area contributed by atoms with Gasteiger partial charge in [-0.1, -0.05) is 19.1 Å². The molecule has 34 heavy (non-hydrogen) atoms. The van der Waals surface area contributed by atoms with Crippen molar-refractivity contribution in [1.29, 1.82) is 0 Å². The molecule has 1 amide bonds. The van der Waals surface area contributed by atoms with Gasteiger partial charge in [0, 0.05) is 51.4 Å². The first-order valence-corrected chi connectivity index (χ1v) is 11.5. The van der Waals surface area contributed by atoms with Crippen LogP contribution in [0.4, 0.5) is 5.82 Å². The second-order valence-corrected chi connectivity index (χ2v) is 8.79. The number of carbonyl (C=O) groups is 1. The number of hydrogen-bond donors (Lipinski definition) is 1. The topological polar surface area (TPSA) is 92.2 Å². The van der Waals surface area contributed by atoms with E-state index in [9.17, 15) is 4.79 Å². The molecule has 0 bridgehead atoms. The number of amides is 1. The van der Waals surface area contributed by atoms with Crippen molar-refractivity contribution in [2.75, 3.05) is 38.2 Å². The minimum absolute atomic E-state index is 0.132. The minimum atomic E-state index is 0.132. The molecule has 1 aromatic carbocycles. The highest BCUT2D eigenvalue weighted by atomic mass is 16.5. The van der Waals surface area contributed by atoms with Gasteiger partial charge in [-0.15, -0.1) is 0 Å². The van der Waals surface area contributed by atoms with Crippen molar-refractivity contribution in [2.45, 2.75) is 19.3 Å². The van der Waals surface area contributed by atoms with E-state index in [1.807, 2.05) is 42.5 Å². The van der Waals surface area contributed by atoms with Crippen LogP contribution in [-0.2, 0) is 11.8 Å². The molecule has 1 fully saturated rings. The van der Waals surface area contributed by atoms with Gasteiger partial charge in [0.05, 0.1) is 24.4 Å². The van der Waals surface area contributed by atoms with E-state index < -0.39 is 0 Å². The zero-order valence-corrected chi connectivity index (χ0v) is 19.7. The van der Waals surface area contributed by atoms with Crippen LogP contribution in [0.25, 0.3) is 22.3 Å². The van der Waals surface area contributed by atoms with Gasteiger partial charge in [-0.05, 0) is 29.7 Å². The first-order chi connectivity index (χ1) is 16.5. The fourth-order valence-electron chi connectivity index (χ4n) is 4.52. The maximum atomic E-state index is 13.0. The Labute approximate surface area is 198 Å². The molecule has 1 aliphatic heterocycles. The summed E-state index contributed by atoms with van der Waals surface area (Å²) in [6.45, 7) is 4.91. The molecular weight excluding hydrogens is 430 g/mol. The van der Waals surface area contributed by atoms with Crippen molar-refractivity contribution in [2.24, 2.45) is 7.05 Å². The maximum Gasteiger partial charge on any atom is 0.223 e. The maximum absolute atomic E-state index is 13.0. The third-order valence-electron chi connectivity index (χ3n) is 6.50. The van der Waals surface area contributed by atoms with Crippen molar-refractivity contribution in [3.05, 3.63) is 54.6 Å². The molecule has 3 aromatic heterocycles. The number of carbonyl (C=O) groups excluding carboxylic acids is 1. The Morgan fingerprint density at radius 3 is 2.74 bits per heavy atom. The number of nitrogens with one attached hydrogen (secondary N) is 1. The van der Waals surface area contributed by atoms with E-state index >= 15 is 0 Å². The summed E-state index contributed by atoms with van der Waals surface area (Å²) in [5.74, 6) is 2.03. The number of aromatic nitrogens is 5. The van der Waals surface area contributed by atoms with Gasteiger partial charge in [0.1, 0.15) is 23.5 Å². The summed E-state index contributed by atoms with van der Waals surface area (Å²) in [4.78, 5) is 29.6. The molecule has 1 saturated heterocycles. The predicted octanol–water partition coefficient (Wildman–Crippen LogP) is 3.21. The molecule has 9 heteroatoms. The molecule has 4 aromatic rings. The van der Waals surface area contributed by atoms with E-state index in [1.165, 1.54) is 0 Å². The lowest BCUT2D eigenvalue weighted by molar-refractivity contribution is -0.131. The van der Waals surface area contributed by atoms with Crippen LogP contribution in [0.15, 0.2) is 49.1 Å². The second kappa shape index (κ2) is 9.17. The lowest BCUT2D eigenvalue weighted by atomic mass is 9.97. The van der Waals surface area contributed by atoms with Gasteiger partial charge in [0.25, 0.3) is 0 Å². The molecule has 0 aliphatic carbocycles. The lowest BCUT2D eigenvalue weighted by Crippen LogP contribution is -2.49. The Hall–Kier alpha value is -3.88. The second-order valence-electron chi connectivity index (χ2n) is 8.79. The van der Waals surface area contributed by atoms with Gasteiger partial charge in [-0.3, -0.25) is 9.48 Å². The molecule has 4 heterocycles. The summed E-state index contributed by atoms with van der Waals surface area (Å²) in [6.07, 6.45) is 5.87. The van der Waals surface area contributed by atoms with Crippen molar-refractivity contribution in [1.82, 2.24) is 29.6 Å². The zero-order chi connectivity index (χ0) is 23.7. The quantitative estimate of drug-likeness (QED) is 0.476. The number of piperazine rings is 1. The summed E-state index contributed by atoms with van der Waals surface area (Å²) in [5, 5.41) is 5.23. The van der Waals surface area contributed by atoms with E-state index in [2.05, 4.69) is 44.0 Å². The van der Waals surface area contributed by atoms with Crippen LogP contribution in [0.2, 0.25) is 0 Å². The van der Waals surface area contributed by atoms with Gasteiger partial charge in [-0.25, -0.2) is 9.97 Å². The number of H-pyrrole nitrogens is 1. The zero-order valence-electron chi connectivity index (χ0n) is 19.7. The number of hydrogen-bond acceptors (Lipinski definition) is 6. The highest BCUT2D eigenvalue weighted by molar-refractivity contribution is 5.92. The smallest absolute Gasteiger partial charge is 0.223 e. The number of ether oxygens (including phenoxy) is 1. The van der Waals surface area contributed by atoms with Crippen molar-refractivity contribution in [3.8, 4) is 17.0 Å².